The van der Waals surface area contributed by atoms with Crippen LogP contribution in [0.15, 0.2) is 18.3 Å². The lowest BCUT2D eigenvalue weighted by atomic mass is 10.2. The molecule has 0 aromatic carbocycles. The topological polar surface area (TPSA) is 30.2 Å². The van der Waals surface area contributed by atoms with Crippen molar-refractivity contribution in [2.45, 2.75) is 48.0 Å². The maximum Gasteiger partial charge on any atom is 0.0902 e. The Bertz CT molecular complexity index is 404. The van der Waals surface area contributed by atoms with Crippen molar-refractivity contribution in [1.29, 1.82) is 0 Å². The van der Waals surface area contributed by atoms with Crippen LogP contribution < -0.4 is 0 Å². The molecule has 0 saturated carbocycles. The number of fused-ring (bicyclic) bond motifs is 1. The second-order valence-corrected chi connectivity index (χ2v) is 3.38. The molecule has 2 aromatic rings. The van der Waals surface area contributed by atoms with E-state index in [9.17, 15) is 0 Å². The van der Waals surface area contributed by atoms with Gasteiger partial charge in [0.05, 0.1) is 17.4 Å². The lowest BCUT2D eigenvalue weighted by molar-refractivity contribution is 0.777. The van der Waals surface area contributed by atoms with Crippen molar-refractivity contribution in [2.75, 3.05) is 0 Å². The van der Waals surface area contributed by atoms with Crippen LogP contribution in [0.3, 0.4) is 0 Å². The maximum absolute atomic E-state index is 4.20. The van der Waals surface area contributed by atoms with Gasteiger partial charge >= 0.3 is 0 Å². The van der Waals surface area contributed by atoms with Crippen LogP contribution in [0.5, 0.6) is 0 Å². The molecule has 2 aromatic heterocycles. The summed E-state index contributed by atoms with van der Waals surface area (Å²) in [4.78, 5) is 0. The van der Waals surface area contributed by atoms with E-state index in [-0.39, 0.29) is 0 Å². The molecule has 0 N–H and O–H groups in total. The quantitative estimate of drug-likeness (QED) is 0.677. The van der Waals surface area contributed by atoms with Crippen molar-refractivity contribution < 1.29 is 0 Å². The van der Waals surface area contributed by atoms with Crippen molar-refractivity contribution in [1.82, 2.24) is 14.8 Å². The zero-order valence-corrected chi connectivity index (χ0v) is 11.3. The highest BCUT2D eigenvalue weighted by molar-refractivity contribution is 5.51. The molecule has 0 amide bonds. The molecule has 0 atom stereocenters. The monoisotopic (exact) mass is 221 g/mol. The average Bonchev–Trinajstić information content (AvgIpc) is 2.70. The van der Waals surface area contributed by atoms with Gasteiger partial charge in [0, 0.05) is 0 Å². The van der Waals surface area contributed by atoms with Crippen LogP contribution in [0.4, 0.5) is 0 Å². The molecule has 0 unspecified atom stereocenters. The minimum absolute atomic E-state index is 0.999. The predicted octanol–water partition coefficient (Wildman–Crippen LogP) is 3.79. The third-order valence-electron chi connectivity index (χ3n) is 1.71. The van der Waals surface area contributed by atoms with Gasteiger partial charge in [-0.15, -0.1) is 0 Å². The molecular weight excluding hydrogens is 198 g/mol. The molecule has 0 spiro atoms. The number of nitrogens with zero attached hydrogens (tertiary/aromatic N) is 3. The molecule has 0 radical (unpaired) electrons. The van der Waals surface area contributed by atoms with Crippen molar-refractivity contribution in [3.8, 4) is 0 Å². The van der Waals surface area contributed by atoms with E-state index in [2.05, 4.69) is 37.0 Å². The first-order chi connectivity index (χ1) is 7.69. The number of rotatable bonds is 0. The number of aromatic nitrogens is 3. The zero-order valence-electron chi connectivity index (χ0n) is 11.3. The first-order valence-corrected chi connectivity index (χ1v) is 5.97. The minimum Gasteiger partial charge on any atom is -0.158 e. The lowest BCUT2D eigenvalue weighted by Crippen LogP contribution is -1.97. The number of hydrogen-bond donors (Lipinski definition) is 0. The Kier molecular flexibility index (Phi) is 7.18. The van der Waals surface area contributed by atoms with E-state index in [0.29, 0.717) is 0 Å². The van der Waals surface area contributed by atoms with E-state index in [1.807, 2.05) is 26.8 Å². The van der Waals surface area contributed by atoms with Crippen LogP contribution in [0.2, 0.25) is 0 Å². The standard InChI is InChI=1S/C8H9N3.C3H8.C2H6/c1-6-5-7(2)10-11-8(6)3-4-9-11;1-3-2;1-2/h3-5H,1-2H3;3H2,1-2H3;1-2H3. The molecule has 0 fully saturated rings. The molecular formula is C13H23N3. The Morgan fingerprint density at radius 1 is 1.19 bits per heavy atom. The fourth-order valence-electron chi connectivity index (χ4n) is 1.23. The second kappa shape index (κ2) is 7.85. The van der Waals surface area contributed by atoms with Crippen LogP contribution in [0, 0.1) is 13.8 Å². The van der Waals surface area contributed by atoms with Gasteiger partial charge in [-0.1, -0.05) is 34.1 Å². The van der Waals surface area contributed by atoms with Gasteiger partial charge in [-0.05, 0) is 31.5 Å². The van der Waals surface area contributed by atoms with Crippen LogP contribution >= 0.6 is 0 Å². The molecule has 3 heteroatoms. The van der Waals surface area contributed by atoms with Gasteiger partial charge in [-0.2, -0.15) is 14.8 Å². The summed E-state index contributed by atoms with van der Waals surface area (Å²) in [6, 6.07) is 4.01. The summed E-state index contributed by atoms with van der Waals surface area (Å²) in [5, 5.41) is 8.25. The molecule has 0 aliphatic carbocycles. The number of aryl methyl sites for hydroxylation is 2. The lowest BCUT2D eigenvalue weighted by Gasteiger charge is -1.97. The van der Waals surface area contributed by atoms with Crippen molar-refractivity contribution in [2.24, 2.45) is 0 Å². The van der Waals surface area contributed by atoms with Gasteiger partial charge in [-0.25, -0.2) is 0 Å². The second-order valence-electron chi connectivity index (χ2n) is 3.38. The molecule has 90 valence electrons. The molecule has 16 heavy (non-hydrogen) atoms. The summed E-state index contributed by atoms with van der Waals surface area (Å²) in [7, 11) is 0. The molecule has 0 aliphatic rings. The van der Waals surface area contributed by atoms with Crippen LogP contribution in [-0.2, 0) is 0 Å². The highest BCUT2D eigenvalue weighted by atomic mass is 15.4. The van der Waals surface area contributed by atoms with Crippen LogP contribution in [-0.4, -0.2) is 14.8 Å². The van der Waals surface area contributed by atoms with Crippen LogP contribution in [0.1, 0.15) is 45.4 Å². The van der Waals surface area contributed by atoms with E-state index in [4.69, 9.17) is 0 Å². The van der Waals surface area contributed by atoms with Gasteiger partial charge in [-0.3, -0.25) is 0 Å². The Morgan fingerprint density at radius 3 is 2.31 bits per heavy atom. The highest BCUT2D eigenvalue weighted by Gasteiger charge is 1.98. The summed E-state index contributed by atoms with van der Waals surface area (Å²) in [5.41, 5.74) is 3.30. The minimum atomic E-state index is 0.999. The van der Waals surface area contributed by atoms with E-state index >= 15 is 0 Å². The smallest absolute Gasteiger partial charge is 0.0902 e. The largest absolute Gasteiger partial charge is 0.158 e. The van der Waals surface area contributed by atoms with Gasteiger partial charge in [0.15, 0.2) is 0 Å². The average molecular weight is 221 g/mol. The van der Waals surface area contributed by atoms with E-state index in [0.717, 1.165) is 11.2 Å². The summed E-state index contributed by atoms with van der Waals surface area (Å²) >= 11 is 0. The fourth-order valence-corrected chi connectivity index (χ4v) is 1.23. The number of hydrogen-bond acceptors (Lipinski definition) is 2. The molecule has 3 nitrogen and oxygen atoms in total. The highest BCUT2D eigenvalue weighted by Crippen LogP contribution is 2.07. The third-order valence-corrected chi connectivity index (χ3v) is 1.71. The SMILES string of the molecule is CC.CCC.Cc1cc(C)c2ccnn2n1. The normalized spacial score (nSPS) is 8.88. The van der Waals surface area contributed by atoms with E-state index in [1.54, 1.807) is 10.8 Å². The third kappa shape index (κ3) is 4.01. The predicted molar refractivity (Wildman–Crippen MR) is 69.8 cm³/mol. The summed E-state index contributed by atoms with van der Waals surface area (Å²) in [6.07, 6.45) is 3.01. The Labute approximate surface area is 98.5 Å². The van der Waals surface area contributed by atoms with Crippen molar-refractivity contribution in [3.63, 3.8) is 0 Å². The molecule has 2 rings (SSSR count). The van der Waals surface area contributed by atoms with E-state index in [1.165, 1.54) is 12.0 Å². The van der Waals surface area contributed by atoms with Crippen molar-refractivity contribution >= 4 is 5.52 Å². The van der Waals surface area contributed by atoms with Gasteiger partial charge in [0.2, 0.25) is 0 Å². The summed E-state index contributed by atoms with van der Waals surface area (Å²) in [6.45, 7) is 12.3. The maximum atomic E-state index is 4.20. The molecule has 2 heterocycles. The van der Waals surface area contributed by atoms with Gasteiger partial charge < -0.3 is 0 Å². The summed E-state index contributed by atoms with van der Waals surface area (Å²) in [5.74, 6) is 0. The molecule has 0 bridgehead atoms. The first-order valence-electron chi connectivity index (χ1n) is 5.97. The Balaban J connectivity index is 0.000000394. The summed E-state index contributed by atoms with van der Waals surface area (Å²) < 4.78 is 1.66. The molecule has 0 aliphatic heterocycles. The first kappa shape index (κ1) is 14.6. The fraction of sp³-hybridized carbons (Fsp3) is 0.538. The van der Waals surface area contributed by atoms with Crippen LogP contribution in [0.25, 0.3) is 5.52 Å². The van der Waals surface area contributed by atoms with Crippen molar-refractivity contribution in [3.05, 3.63) is 29.6 Å². The van der Waals surface area contributed by atoms with Gasteiger partial charge in [0.1, 0.15) is 0 Å². The molecule has 0 saturated heterocycles. The van der Waals surface area contributed by atoms with E-state index < -0.39 is 0 Å². The Morgan fingerprint density at radius 2 is 1.75 bits per heavy atom. The van der Waals surface area contributed by atoms with Gasteiger partial charge in [0.25, 0.3) is 0 Å². The zero-order chi connectivity index (χ0) is 12.6. The Hall–Kier alpha value is -1.38.